The zero-order chi connectivity index (χ0) is 17.9. The normalized spacial score (nSPS) is 13.0. The fourth-order valence-electron chi connectivity index (χ4n) is 1.88. The van der Waals surface area contributed by atoms with Crippen LogP contribution in [0.15, 0.2) is 28.7 Å². The van der Waals surface area contributed by atoms with Gasteiger partial charge in [0.1, 0.15) is 6.04 Å². The number of urea groups is 1. The van der Waals surface area contributed by atoms with Gasteiger partial charge in [0.05, 0.1) is 12.9 Å². The molecular formula is C15H23BrN3O4P. The first-order valence-corrected chi connectivity index (χ1v) is 9.85. The van der Waals surface area contributed by atoms with Crippen molar-refractivity contribution in [2.75, 3.05) is 18.2 Å². The van der Waals surface area contributed by atoms with Crippen molar-refractivity contribution >= 4 is 41.9 Å². The van der Waals surface area contributed by atoms with Gasteiger partial charge >= 0.3 is 6.03 Å². The van der Waals surface area contributed by atoms with Gasteiger partial charge in [-0.05, 0) is 37.6 Å². The van der Waals surface area contributed by atoms with E-state index in [2.05, 4.69) is 31.9 Å². The van der Waals surface area contributed by atoms with Crippen LogP contribution in [0.25, 0.3) is 0 Å². The Kier molecular flexibility index (Phi) is 9.86. The highest BCUT2D eigenvalue weighted by molar-refractivity contribution is 9.10. The van der Waals surface area contributed by atoms with Crippen molar-refractivity contribution in [3.8, 4) is 0 Å². The zero-order valence-electron chi connectivity index (χ0n) is 13.7. The third-order valence-corrected chi connectivity index (χ3v) is 4.48. The molecule has 0 aliphatic heterocycles. The van der Waals surface area contributed by atoms with Gasteiger partial charge in [-0.2, -0.15) is 0 Å². The quantitative estimate of drug-likeness (QED) is 0.462. The Morgan fingerprint density at radius 1 is 1.29 bits per heavy atom. The average Bonchev–Trinajstić information content (AvgIpc) is 2.54. The Bertz CT molecular complexity index is 530. The maximum absolute atomic E-state index is 12.2. The van der Waals surface area contributed by atoms with E-state index in [-0.39, 0.29) is 12.2 Å². The van der Waals surface area contributed by atoms with E-state index in [9.17, 15) is 14.5 Å². The monoisotopic (exact) mass is 419 g/mol. The predicted molar refractivity (Wildman–Crippen MR) is 98.8 cm³/mol. The van der Waals surface area contributed by atoms with Crippen LogP contribution in [0.2, 0.25) is 0 Å². The second-order valence-electron chi connectivity index (χ2n) is 4.92. The third-order valence-electron chi connectivity index (χ3n) is 2.97. The smallest absolute Gasteiger partial charge is 0.319 e. The van der Waals surface area contributed by atoms with E-state index in [1.807, 2.05) is 19.1 Å². The first-order valence-electron chi connectivity index (χ1n) is 7.66. The lowest BCUT2D eigenvalue weighted by atomic mass is 10.1. The summed E-state index contributed by atoms with van der Waals surface area (Å²) < 4.78 is 5.91. The lowest BCUT2D eigenvalue weighted by Gasteiger charge is -2.19. The van der Waals surface area contributed by atoms with Gasteiger partial charge < -0.3 is 25.4 Å². The van der Waals surface area contributed by atoms with Crippen molar-refractivity contribution in [2.45, 2.75) is 32.7 Å². The van der Waals surface area contributed by atoms with Crippen LogP contribution >= 0.6 is 24.3 Å². The molecule has 1 rings (SSSR count). The molecule has 4 N–H and O–H groups in total. The highest BCUT2D eigenvalue weighted by atomic mass is 79.9. The summed E-state index contributed by atoms with van der Waals surface area (Å²) in [6.07, 6.45) is 1.27. The van der Waals surface area contributed by atoms with Gasteiger partial charge in [-0.25, -0.2) is 4.79 Å². The molecule has 2 unspecified atom stereocenters. The highest BCUT2D eigenvalue weighted by Gasteiger charge is 2.20. The Balaban J connectivity index is 2.52. The summed E-state index contributed by atoms with van der Waals surface area (Å²) in [6.45, 7) is 4.07. The molecule has 0 saturated heterocycles. The SMILES string of the molecule is CCCC(NC(=O)Nc1ccc(Br)cc1)C(=O)NCP(O)OCC. The fraction of sp³-hybridized carbons (Fsp3) is 0.467. The fourth-order valence-corrected chi connectivity index (χ4v) is 2.82. The summed E-state index contributed by atoms with van der Waals surface area (Å²) in [7, 11) is -1.68. The van der Waals surface area contributed by atoms with Gasteiger partial charge in [-0.1, -0.05) is 29.3 Å². The van der Waals surface area contributed by atoms with Crippen LogP contribution in [0.4, 0.5) is 10.5 Å². The van der Waals surface area contributed by atoms with Crippen molar-refractivity contribution in [3.05, 3.63) is 28.7 Å². The van der Waals surface area contributed by atoms with Crippen molar-refractivity contribution in [2.24, 2.45) is 0 Å². The number of rotatable bonds is 9. The Labute approximate surface area is 151 Å². The number of amides is 3. The molecule has 0 heterocycles. The summed E-state index contributed by atoms with van der Waals surface area (Å²) in [5, 5.41) is 7.92. The molecule has 0 fully saturated rings. The van der Waals surface area contributed by atoms with Crippen LogP contribution in [-0.4, -0.2) is 35.8 Å². The predicted octanol–water partition coefficient (Wildman–Crippen LogP) is 3.15. The van der Waals surface area contributed by atoms with Gasteiger partial charge in [-0.3, -0.25) is 4.79 Å². The minimum Gasteiger partial charge on any atom is -0.349 e. The summed E-state index contributed by atoms with van der Waals surface area (Å²) in [5.41, 5.74) is 0.626. The lowest BCUT2D eigenvalue weighted by Crippen LogP contribution is -2.48. The van der Waals surface area contributed by atoms with E-state index in [0.29, 0.717) is 18.7 Å². The summed E-state index contributed by atoms with van der Waals surface area (Å²) in [6, 6.07) is 5.99. The van der Waals surface area contributed by atoms with E-state index in [0.717, 1.165) is 10.9 Å². The second kappa shape index (κ2) is 11.4. The van der Waals surface area contributed by atoms with Gasteiger partial charge in [0.15, 0.2) is 8.38 Å². The van der Waals surface area contributed by atoms with Gasteiger partial charge in [0, 0.05) is 10.2 Å². The molecule has 2 atom stereocenters. The maximum Gasteiger partial charge on any atom is 0.319 e. The van der Waals surface area contributed by atoms with E-state index >= 15 is 0 Å². The number of halogens is 1. The molecule has 0 radical (unpaired) electrons. The minimum atomic E-state index is -1.68. The molecule has 0 aromatic heterocycles. The number of benzene rings is 1. The standard InChI is InChI=1S/C15H23BrN3O4P/c1-3-5-13(14(20)17-10-24(22)23-4-2)19-15(21)18-12-8-6-11(16)7-9-12/h6-9,13,22H,3-5,10H2,1-2H3,(H,17,20)(H2,18,19,21). The molecular weight excluding hydrogens is 397 g/mol. The van der Waals surface area contributed by atoms with Gasteiger partial charge in [-0.15, -0.1) is 0 Å². The van der Waals surface area contributed by atoms with Crippen molar-refractivity contribution in [1.82, 2.24) is 10.6 Å². The number of anilines is 1. The first kappa shape index (κ1) is 20.8. The number of nitrogens with one attached hydrogen (secondary N) is 3. The average molecular weight is 420 g/mol. The lowest BCUT2D eigenvalue weighted by molar-refractivity contribution is -0.122. The van der Waals surface area contributed by atoms with Crippen LogP contribution < -0.4 is 16.0 Å². The van der Waals surface area contributed by atoms with E-state index < -0.39 is 20.4 Å². The van der Waals surface area contributed by atoms with E-state index in [4.69, 9.17) is 4.52 Å². The molecule has 0 bridgehead atoms. The van der Waals surface area contributed by atoms with Crippen LogP contribution in [0, 0.1) is 0 Å². The van der Waals surface area contributed by atoms with Crippen LogP contribution in [0.3, 0.4) is 0 Å². The Morgan fingerprint density at radius 3 is 2.54 bits per heavy atom. The number of carbonyl (C=O) groups excluding carboxylic acids is 2. The van der Waals surface area contributed by atoms with Crippen molar-refractivity contribution in [1.29, 1.82) is 0 Å². The molecule has 0 aliphatic rings. The summed E-state index contributed by atoms with van der Waals surface area (Å²) >= 11 is 3.32. The van der Waals surface area contributed by atoms with Crippen LogP contribution in [-0.2, 0) is 9.32 Å². The van der Waals surface area contributed by atoms with Crippen LogP contribution in [0.1, 0.15) is 26.7 Å². The van der Waals surface area contributed by atoms with Crippen molar-refractivity contribution < 1.29 is 19.0 Å². The summed E-state index contributed by atoms with van der Waals surface area (Å²) in [4.78, 5) is 33.7. The number of hydrogen-bond acceptors (Lipinski definition) is 4. The molecule has 9 heteroatoms. The van der Waals surface area contributed by atoms with Gasteiger partial charge in [0.25, 0.3) is 0 Å². The van der Waals surface area contributed by atoms with Gasteiger partial charge in [0.2, 0.25) is 5.91 Å². The van der Waals surface area contributed by atoms with E-state index in [1.165, 1.54) is 0 Å². The largest absolute Gasteiger partial charge is 0.349 e. The third kappa shape index (κ3) is 8.06. The molecule has 0 spiro atoms. The molecule has 1 aromatic carbocycles. The molecule has 0 saturated carbocycles. The number of carbonyl (C=O) groups is 2. The highest BCUT2D eigenvalue weighted by Crippen LogP contribution is 2.28. The first-order chi connectivity index (χ1) is 11.5. The molecule has 7 nitrogen and oxygen atoms in total. The molecule has 0 aliphatic carbocycles. The van der Waals surface area contributed by atoms with E-state index in [1.54, 1.807) is 19.1 Å². The molecule has 24 heavy (non-hydrogen) atoms. The minimum absolute atomic E-state index is 0.0399. The topological polar surface area (TPSA) is 99.7 Å². The molecule has 134 valence electrons. The number of hydrogen-bond donors (Lipinski definition) is 4. The Hall–Kier alpha value is -1.21. The molecule has 3 amide bonds. The van der Waals surface area contributed by atoms with Crippen molar-refractivity contribution in [3.63, 3.8) is 0 Å². The van der Waals surface area contributed by atoms with Crippen LogP contribution in [0.5, 0.6) is 0 Å². The molecule has 1 aromatic rings. The second-order valence-corrected chi connectivity index (χ2v) is 7.11. The Morgan fingerprint density at radius 2 is 1.96 bits per heavy atom. The maximum atomic E-state index is 12.2. The summed E-state index contributed by atoms with van der Waals surface area (Å²) in [5.74, 6) is -0.343. The zero-order valence-corrected chi connectivity index (χ0v) is 16.2.